The van der Waals surface area contributed by atoms with Crippen molar-refractivity contribution in [2.24, 2.45) is 0 Å². The minimum atomic E-state index is -0.360. The molecule has 1 saturated carbocycles. The molecule has 0 aromatic heterocycles. The lowest BCUT2D eigenvalue weighted by Gasteiger charge is -2.38. The molecule has 32 heavy (non-hydrogen) atoms. The Morgan fingerprint density at radius 1 is 1.16 bits per heavy atom. The van der Waals surface area contributed by atoms with Crippen LogP contribution in [0.1, 0.15) is 48.8 Å². The van der Waals surface area contributed by atoms with E-state index in [2.05, 4.69) is 17.3 Å². The summed E-state index contributed by atoms with van der Waals surface area (Å²) in [6, 6.07) is 13.7. The van der Waals surface area contributed by atoms with Gasteiger partial charge in [-0.3, -0.25) is 9.59 Å². The standard InChI is InChI=1S/C27H30N2O3/c1-29-14-10-21(11-15-29)32-24-17-20(28-26(31)9-8-19-6-3-2-4-7-19)16-23-22(24)18-25(30)27(23)12-5-13-27/h2-4,6-9,16-17,21H,5,10-15,18H2,1H3,(H,28,31)/b9-8+. The Bertz CT molecular complexity index is 1050. The van der Waals surface area contributed by atoms with Crippen molar-refractivity contribution >= 4 is 23.5 Å². The van der Waals surface area contributed by atoms with Crippen molar-refractivity contribution < 1.29 is 14.3 Å². The summed E-state index contributed by atoms with van der Waals surface area (Å²) < 4.78 is 6.46. The van der Waals surface area contributed by atoms with Crippen LogP contribution in [-0.2, 0) is 21.4 Å². The van der Waals surface area contributed by atoms with E-state index in [1.54, 1.807) is 12.2 Å². The second-order valence-electron chi connectivity index (χ2n) is 9.39. The van der Waals surface area contributed by atoms with Gasteiger partial charge in [-0.1, -0.05) is 36.8 Å². The summed E-state index contributed by atoms with van der Waals surface area (Å²) >= 11 is 0. The predicted octanol–water partition coefficient (Wildman–Crippen LogP) is 4.36. The average molecular weight is 431 g/mol. The maximum Gasteiger partial charge on any atom is 0.248 e. The van der Waals surface area contributed by atoms with Gasteiger partial charge in [0.25, 0.3) is 0 Å². The minimum absolute atomic E-state index is 0.146. The van der Waals surface area contributed by atoms with Crippen LogP contribution in [0.4, 0.5) is 5.69 Å². The van der Waals surface area contributed by atoms with E-state index in [-0.39, 0.29) is 17.4 Å². The number of anilines is 1. The van der Waals surface area contributed by atoms with Crippen molar-refractivity contribution in [3.63, 3.8) is 0 Å². The molecule has 1 saturated heterocycles. The molecule has 0 atom stereocenters. The number of carbonyl (C=O) groups is 2. The molecule has 1 aliphatic heterocycles. The van der Waals surface area contributed by atoms with Crippen LogP contribution in [0, 0.1) is 0 Å². The van der Waals surface area contributed by atoms with Gasteiger partial charge in [-0.25, -0.2) is 0 Å². The van der Waals surface area contributed by atoms with Crippen molar-refractivity contribution in [1.29, 1.82) is 0 Å². The number of hydrogen-bond donors (Lipinski definition) is 1. The molecule has 3 aliphatic rings. The highest BCUT2D eigenvalue weighted by atomic mass is 16.5. The van der Waals surface area contributed by atoms with Crippen molar-refractivity contribution in [2.45, 2.75) is 50.0 Å². The molecule has 1 N–H and O–H groups in total. The van der Waals surface area contributed by atoms with E-state index < -0.39 is 0 Å². The Morgan fingerprint density at radius 2 is 1.91 bits per heavy atom. The molecule has 2 fully saturated rings. The fraction of sp³-hybridized carbons (Fsp3) is 0.407. The second-order valence-corrected chi connectivity index (χ2v) is 9.39. The molecule has 0 bridgehead atoms. The lowest BCUT2D eigenvalue weighted by atomic mass is 9.64. The van der Waals surface area contributed by atoms with E-state index in [0.29, 0.717) is 17.9 Å². The molecule has 5 heteroatoms. The third-order valence-corrected chi connectivity index (χ3v) is 7.26. The van der Waals surface area contributed by atoms with Crippen LogP contribution in [0.5, 0.6) is 5.75 Å². The SMILES string of the molecule is CN1CCC(Oc2cc(NC(=O)/C=C/c3ccccc3)cc3c2CC(=O)C32CCC2)CC1. The van der Waals surface area contributed by atoms with Gasteiger partial charge in [0.05, 0.1) is 5.41 Å². The van der Waals surface area contributed by atoms with Crippen LogP contribution in [-0.4, -0.2) is 42.8 Å². The Hall–Kier alpha value is -2.92. The molecule has 2 aliphatic carbocycles. The summed E-state index contributed by atoms with van der Waals surface area (Å²) in [6.45, 7) is 2.02. The quantitative estimate of drug-likeness (QED) is 0.716. The van der Waals surface area contributed by atoms with Gasteiger partial charge >= 0.3 is 0 Å². The highest BCUT2D eigenvalue weighted by Gasteiger charge is 2.51. The van der Waals surface area contributed by atoms with Crippen LogP contribution in [0.15, 0.2) is 48.5 Å². The van der Waals surface area contributed by atoms with Crippen LogP contribution in [0.3, 0.4) is 0 Å². The van der Waals surface area contributed by atoms with Gasteiger partial charge in [0.15, 0.2) is 0 Å². The van der Waals surface area contributed by atoms with Crippen molar-refractivity contribution in [1.82, 2.24) is 4.90 Å². The molecule has 1 heterocycles. The fourth-order valence-corrected chi connectivity index (χ4v) is 5.19. The molecular weight excluding hydrogens is 400 g/mol. The highest BCUT2D eigenvalue weighted by molar-refractivity contribution is 6.03. The van der Waals surface area contributed by atoms with E-state index in [1.165, 1.54) is 0 Å². The van der Waals surface area contributed by atoms with Gasteiger partial charge in [0, 0.05) is 42.9 Å². The van der Waals surface area contributed by atoms with Crippen LogP contribution in [0.25, 0.3) is 6.08 Å². The molecule has 0 unspecified atom stereocenters. The van der Waals surface area contributed by atoms with E-state index in [4.69, 9.17) is 4.74 Å². The number of carbonyl (C=O) groups excluding carboxylic acids is 2. The number of nitrogens with one attached hydrogen (secondary N) is 1. The number of rotatable bonds is 5. The number of ketones is 1. The zero-order valence-electron chi connectivity index (χ0n) is 18.6. The summed E-state index contributed by atoms with van der Waals surface area (Å²) in [7, 11) is 2.13. The number of hydrogen-bond acceptors (Lipinski definition) is 4. The first kappa shape index (κ1) is 21.0. The summed E-state index contributed by atoms with van der Waals surface area (Å²) in [4.78, 5) is 27.9. The molecule has 166 valence electrons. The van der Waals surface area contributed by atoms with Gasteiger partial charge in [0.2, 0.25) is 5.91 Å². The maximum absolute atomic E-state index is 13.0. The smallest absolute Gasteiger partial charge is 0.248 e. The van der Waals surface area contributed by atoms with Crippen LogP contribution in [0.2, 0.25) is 0 Å². The topological polar surface area (TPSA) is 58.6 Å². The third kappa shape index (κ3) is 3.97. The largest absolute Gasteiger partial charge is 0.490 e. The van der Waals surface area contributed by atoms with Crippen LogP contribution >= 0.6 is 0 Å². The minimum Gasteiger partial charge on any atom is -0.490 e. The summed E-state index contributed by atoms with van der Waals surface area (Å²) in [6.07, 6.45) is 8.76. The zero-order chi connectivity index (χ0) is 22.1. The molecule has 5 rings (SSSR count). The summed E-state index contributed by atoms with van der Waals surface area (Å²) in [5.74, 6) is 0.891. The summed E-state index contributed by atoms with van der Waals surface area (Å²) in [5, 5.41) is 3.00. The number of benzene rings is 2. The molecule has 2 aromatic rings. The second kappa shape index (κ2) is 8.55. The lowest BCUT2D eigenvalue weighted by molar-refractivity contribution is -0.125. The van der Waals surface area contributed by atoms with E-state index in [1.807, 2.05) is 42.5 Å². The average Bonchev–Trinajstić information content (AvgIpc) is 3.07. The zero-order valence-corrected chi connectivity index (χ0v) is 18.6. The number of Topliss-reactive ketones (excluding diaryl/α,β-unsaturated/α-hetero) is 1. The number of nitrogens with zero attached hydrogens (tertiary/aromatic N) is 1. The molecule has 1 spiro atoms. The first-order chi connectivity index (χ1) is 15.5. The normalized spacial score (nSPS) is 20.3. The predicted molar refractivity (Wildman–Crippen MR) is 126 cm³/mol. The summed E-state index contributed by atoms with van der Waals surface area (Å²) in [5.41, 5.74) is 3.42. The molecule has 2 aromatic carbocycles. The first-order valence-corrected chi connectivity index (χ1v) is 11.6. The van der Waals surface area contributed by atoms with E-state index in [9.17, 15) is 9.59 Å². The Kier molecular flexibility index (Phi) is 5.60. The number of fused-ring (bicyclic) bond motifs is 2. The number of likely N-dealkylation sites (tertiary alicyclic amines) is 1. The Morgan fingerprint density at radius 3 is 2.59 bits per heavy atom. The van der Waals surface area contributed by atoms with Crippen molar-refractivity contribution in [3.8, 4) is 5.75 Å². The Balaban J connectivity index is 1.41. The maximum atomic E-state index is 13.0. The third-order valence-electron chi connectivity index (χ3n) is 7.26. The van der Waals surface area contributed by atoms with E-state index in [0.717, 1.165) is 67.6 Å². The number of amides is 1. The molecule has 5 nitrogen and oxygen atoms in total. The van der Waals surface area contributed by atoms with E-state index >= 15 is 0 Å². The highest BCUT2D eigenvalue weighted by Crippen LogP contribution is 2.53. The monoisotopic (exact) mass is 430 g/mol. The van der Waals surface area contributed by atoms with Gasteiger partial charge in [0.1, 0.15) is 17.6 Å². The fourth-order valence-electron chi connectivity index (χ4n) is 5.19. The Labute approximate surface area is 189 Å². The van der Waals surface area contributed by atoms with Gasteiger partial charge in [-0.15, -0.1) is 0 Å². The van der Waals surface area contributed by atoms with Crippen molar-refractivity contribution in [3.05, 3.63) is 65.2 Å². The van der Waals surface area contributed by atoms with Crippen molar-refractivity contribution in [2.75, 3.05) is 25.5 Å². The van der Waals surface area contributed by atoms with Gasteiger partial charge in [-0.2, -0.15) is 0 Å². The number of piperidine rings is 1. The van der Waals surface area contributed by atoms with Gasteiger partial charge in [-0.05, 0) is 56.0 Å². The molecule has 1 amide bonds. The molecular formula is C27H30N2O3. The molecule has 0 radical (unpaired) electrons. The first-order valence-electron chi connectivity index (χ1n) is 11.6. The van der Waals surface area contributed by atoms with Gasteiger partial charge < -0.3 is 15.0 Å². The lowest BCUT2D eigenvalue weighted by Crippen LogP contribution is -2.39. The number of ether oxygens (including phenoxy) is 1. The van der Waals surface area contributed by atoms with Crippen LogP contribution < -0.4 is 10.1 Å².